The lowest BCUT2D eigenvalue weighted by Crippen LogP contribution is -2.38. The number of rotatable bonds is 4. The van der Waals surface area contributed by atoms with Crippen molar-refractivity contribution >= 4 is 17.2 Å². The van der Waals surface area contributed by atoms with E-state index >= 15 is 0 Å². The standard InChI is InChI=1S/C15H20N4OS/c1-18(2)15-5-3-4-13(17-15)14-10-19(6-7-20-14)9-12-8-16-11-21-12/h3-5,8,11,14H,6-7,9-10H2,1-2H3/t14-/m0/s1. The largest absolute Gasteiger partial charge is 0.369 e. The maximum atomic E-state index is 5.91. The zero-order chi connectivity index (χ0) is 14.7. The number of anilines is 1. The highest BCUT2D eigenvalue weighted by molar-refractivity contribution is 7.09. The summed E-state index contributed by atoms with van der Waals surface area (Å²) in [5.74, 6) is 0.968. The first-order chi connectivity index (χ1) is 10.2. The first kappa shape index (κ1) is 14.4. The molecule has 1 aliphatic heterocycles. The second-order valence-corrected chi connectivity index (χ2v) is 6.35. The molecule has 1 aliphatic rings. The summed E-state index contributed by atoms with van der Waals surface area (Å²) in [6, 6.07) is 6.11. The molecule has 2 aromatic heterocycles. The molecule has 0 unspecified atom stereocenters. The maximum absolute atomic E-state index is 5.91. The molecule has 3 heterocycles. The molecule has 1 atom stereocenters. The van der Waals surface area contributed by atoms with Gasteiger partial charge in [0.15, 0.2) is 0 Å². The topological polar surface area (TPSA) is 41.5 Å². The molecule has 0 amide bonds. The van der Waals surface area contributed by atoms with Crippen molar-refractivity contribution in [3.63, 3.8) is 0 Å². The number of hydrogen-bond acceptors (Lipinski definition) is 6. The molecular weight excluding hydrogens is 284 g/mol. The van der Waals surface area contributed by atoms with Gasteiger partial charge in [0.1, 0.15) is 11.9 Å². The van der Waals surface area contributed by atoms with Crippen molar-refractivity contribution in [3.8, 4) is 0 Å². The zero-order valence-electron chi connectivity index (χ0n) is 12.4. The fraction of sp³-hybridized carbons (Fsp3) is 0.467. The van der Waals surface area contributed by atoms with E-state index in [1.165, 1.54) is 4.88 Å². The molecule has 1 fully saturated rings. The molecule has 0 saturated carbocycles. The first-order valence-corrected chi connectivity index (χ1v) is 7.96. The number of pyridine rings is 1. The van der Waals surface area contributed by atoms with Gasteiger partial charge in [-0.2, -0.15) is 0 Å². The Morgan fingerprint density at radius 2 is 2.33 bits per heavy atom. The molecular formula is C15H20N4OS. The van der Waals surface area contributed by atoms with Crippen molar-refractivity contribution in [2.75, 3.05) is 38.7 Å². The van der Waals surface area contributed by atoms with Gasteiger partial charge in [0.05, 0.1) is 17.8 Å². The highest BCUT2D eigenvalue weighted by Crippen LogP contribution is 2.24. The quantitative estimate of drug-likeness (QED) is 0.866. The van der Waals surface area contributed by atoms with Crippen molar-refractivity contribution in [3.05, 3.63) is 40.5 Å². The molecule has 0 radical (unpaired) electrons. The fourth-order valence-corrected chi connectivity index (χ4v) is 3.07. The number of nitrogens with zero attached hydrogens (tertiary/aromatic N) is 4. The maximum Gasteiger partial charge on any atom is 0.128 e. The van der Waals surface area contributed by atoms with E-state index in [0.29, 0.717) is 0 Å². The minimum atomic E-state index is 0.0478. The van der Waals surface area contributed by atoms with Crippen molar-refractivity contribution in [1.82, 2.24) is 14.9 Å². The van der Waals surface area contributed by atoms with Gasteiger partial charge in [-0.25, -0.2) is 4.98 Å². The minimum absolute atomic E-state index is 0.0478. The van der Waals surface area contributed by atoms with E-state index in [2.05, 4.69) is 9.88 Å². The Kier molecular flexibility index (Phi) is 4.48. The SMILES string of the molecule is CN(C)c1cccc([C@@H]2CN(Cc3cncs3)CCO2)n1. The molecule has 5 nitrogen and oxygen atoms in total. The van der Waals surface area contributed by atoms with E-state index in [4.69, 9.17) is 9.72 Å². The smallest absolute Gasteiger partial charge is 0.128 e. The number of aromatic nitrogens is 2. The number of morpholine rings is 1. The zero-order valence-corrected chi connectivity index (χ0v) is 13.2. The van der Waals surface area contributed by atoms with Gasteiger partial charge in [-0.05, 0) is 12.1 Å². The molecule has 2 aromatic rings. The molecule has 1 saturated heterocycles. The number of ether oxygens (including phenoxy) is 1. The molecule has 0 spiro atoms. The van der Waals surface area contributed by atoms with Crippen LogP contribution in [0.5, 0.6) is 0 Å². The first-order valence-electron chi connectivity index (χ1n) is 7.08. The van der Waals surface area contributed by atoms with Crippen LogP contribution in [0.15, 0.2) is 29.9 Å². The molecule has 112 valence electrons. The van der Waals surface area contributed by atoms with Crippen LogP contribution in [-0.2, 0) is 11.3 Å². The second kappa shape index (κ2) is 6.51. The van der Waals surface area contributed by atoms with Gasteiger partial charge in [-0.15, -0.1) is 11.3 Å². The summed E-state index contributed by atoms with van der Waals surface area (Å²) in [6.07, 6.45) is 1.99. The van der Waals surface area contributed by atoms with Gasteiger partial charge in [-0.1, -0.05) is 6.07 Å². The van der Waals surface area contributed by atoms with Gasteiger partial charge >= 0.3 is 0 Å². The van der Waals surface area contributed by atoms with Gasteiger partial charge in [0.2, 0.25) is 0 Å². The van der Waals surface area contributed by atoms with E-state index < -0.39 is 0 Å². The molecule has 0 aromatic carbocycles. The average molecular weight is 304 g/mol. The van der Waals surface area contributed by atoms with Crippen molar-refractivity contribution in [2.24, 2.45) is 0 Å². The minimum Gasteiger partial charge on any atom is -0.369 e. The summed E-state index contributed by atoms with van der Waals surface area (Å²) in [5, 5.41) is 0. The molecule has 0 N–H and O–H groups in total. The van der Waals surface area contributed by atoms with Gasteiger partial charge in [0.25, 0.3) is 0 Å². The van der Waals surface area contributed by atoms with Gasteiger partial charge in [0, 0.05) is 44.8 Å². The highest BCUT2D eigenvalue weighted by Gasteiger charge is 2.23. The third kappa shape index (κ3) is 3.58. The van der Waals surface area contributed by atoms with Crippen molar-refractivity contribution in [1.29, 1.82) is 0 Å². The van der Waals surface area contributed by atoms with Gasteiger partial charge < -0.3 is 9.64 Å². The highest BCUT2D eigenvalue weighted by atomic mass is 32.1. The van der Waals surface area contributed by atoms with E-state index in [1.54, 1.807) is 11.3 Å². The Balaban J connectivity index is 1.69. The summed E-state index contributed by atoms with van der Waals surface area (Å²) in [4.78, 5) is 14.6. The molecule has 6 heteroatoms. The normalized spacial score (nSPS) is 19.6. The number of hydrogen-bond donors (Lipinski definition) is 0. The van der Waals surface area contributed by atoms with E-state index in [1.807, 2.05) is 48.9 Å². The van der Waals surface area contributed by atoms with Crippen LogP contribution in [0.2, 0.25) is 0 Å². The third-order valence-electron chi connectivity index (χ3n) is 3.56. The Labute approximate surface area is 129 Å². The Hall–Kier alpha value is -1.50. The third-order valence-corrected chi connectivity index (χ3v) is 4.32. The summed E-state index contributed by atoms with van der Waals surface area (Å²) in [5.41, 5.74) is 2.89. The van der Waals surface area contributed by atoms with E-state index in [0.717, 1.165) is 37.8 Å². The second-order valence-electron chi connectivity index (χ2n) is 5.38. The molecule has 21 heavy (non-hydrogen) atoms. The van der Waals surface area contributed by atoms with Crippen LogP contribution >= 0.6 is 11.3 Å². The van der Waals surface area contributed by atoms with Crippen LogP contribution in [-0.4, -0.2) is 48.7 Å². The summed E-state index contributed by atoms with van der Waals surface area (Å²) >= 11 is 1.70. The lowest BCUT2D eigenvalue weighted by atomic mass is 10.2. The van der Waals surface area contributed by atoms with Crippen LogP contribution in [0.1, 0.15) is 16.7 Å². The molecule has 3 rings (SSSR count). The number of thiazole rings is 1. The van der Waals surface area contributed by atoms with Gasteiger partial charge in [-0.3, -0.25) is 9.88 Å². The van der Waals surface area contributed by atoms with Crippen molar-refractivity contribution < 1.29 is 4.74 Å². The van der Waals surface area contributed by atoms with Crippen LogP contribution in [0.25, 0.3) is 0 Å². The predicted octanol–water partition coefficient (Wildman–Crippen LogP) is 2.18. The predicted molar refractivity (Wildman–Crippen MR) is 84.6 cm³/mol. The summed E-state index contributed by atoms with van der Waals surface area (Å²) < 4.78 is 5.91. The lowest BCUT2D eigenvalue weighted by Gasteiger charge is -2.32. The molecule has 0 aliphatic carbocycles. The van der Waals surface area contributed by atoms with E-state index in [9.17, 15) is 0 Å². The van der Waals surface area contributed by atoms with Crippen molar-refractivity contribution in [2.45, 2.75) is 12.6 Å². The fourth-order valence-electron chi connectivity index (χ4n) is 2.43. The Bertz CT molecular complexity index is 573. The van der Waals surface area contributed by atoms with E-state index in [-0.39, 0.29) is 6.10 Å². The van der Waals surface area contributed by atoms with Crippen LogP contribution in [0, 0.1) is 0 Å². The summed E-state index contributed by atoms with van der Waals surface area (Å²) in [7, 11) is 4.01. The summed E-state index contributed by atoms with van der Waals surface area (Å²) in [6.45, 7) is 3.53. The monoisotopic (exact) mass is 304 g/mol. The van der Waals surface area contributed by atoms with Crippen LogP contribution < -0.4 is 4.90 Å². The van der Waals surface area contributed by atoms with Crippen LogP contribution in [0.3, 0.4) is 0 Å². The Morgan fingerprint density at radius 1 is 1.43 bits per heavy atom. The molecule has 0 bridgehead atoms. The Morgan fingerprint density at radius 3 is 3.10 bits per heavy atom. The average Bonchev–Trinajstić information content (AvgIpc) is 3.00. The van der Waals surface area contributed by atoms with Crippen LogP contribution in [0.4, 0.5) is 5.82 Å². The lowest BCUT2D eigenvalue weighted by molar-refractivity contribution is -0.0346.